The van der Waals surface area contributed by atoms with Gasteiger partial charge in [-0.1, -0.05) is 0 Å². The summed E-state index contributed by atoms with van der Waals surface area (Å²) in [5, 5.41) is 17.3. The topological polar surface area (TPSA) is 124 Å². The number of nitrogens with two attached hydrogens (primary N) is 1. The van der Waals surface area contributed by atoms with Crippen LogP contribution in [0.5, 0.6) is 0 Å². The minimum Gasteiger partial charge on any atom is -0.480 e. The van der Waals surface area contributed by atoms with Crippen LogP contribution < -0.4 is 5.73 Å². The predicted molar refractivity (Wildman–Crippen MR) is 65.5 cm³/mol. The van der Waals surface area contributed by atoms with Gasteiger partial charge in [0.05, 0.1) is 6.54 Å². The van der Waals surface area contributed by atoms with E-state index in [0.29, 0.717) is 13.1 Å². The molecule has 0 aromatic heterocycles. The number of nitrogens with zero attached hydrogens (tertiary/aromatic N) is 2. The highest BCUT2D eigenvalue weighted by Crippen LogP contribution is 2.08. The van der Waals surface area contributed by atoms with Crippen molar-refractivity contribution in [3.63, 3.8) is 0 Å². The van der Waals surface area contributed by atoms with Crippen molar-refractivity contribution in [1.82, 2.24) is 9.80 Å². The Morgan fingerprint density at radius 2 is 1.58 bits per heavy atom. The van der Waals surface area contributed by atoms with Gasteiger partial charge >= 0.3 is 11.9 Å². The van der Waals surface area contributed by atoms with Crippen LogP contribution in [0.25, 0.3) is 0 Å². The van der Waals surface area contributed by atoms with Crippen LogP contribution in [0.2, 0.25) is 0 Å². The molecule has 1 aliphatic rings. The van der Waals surface area contributed by atoms with Gasteiger partial charge in [-0.3, -0.25) is 19.3 Å². The summed E-state index contributed by atoms with van der Waals surface area (Å²) in [6.07, 6.45) is 1.57. The molecule has 1 rings (SSSR count). The summed E-state index contributed by atoms with van der Waals surface area (Å²) in [6, 6.07) is 0.139. The Labute approximate surface area is 110 Å². The molecule has 0 spiro atoms. The lowest BCUT2D eigenvalue weighted by molar-refractivity contribution is -0.149. The Bertz CT molecular complexity index is 336. The van der Waals surface area contributed by atoms with Gasteiger partial charge in [0.15, 0.2) is 0 Å². The van der Waals surface area contributed by atoms with Gasteiger partial charge in [-0.15, -0.1) is 0 Å². The Morgan fingerprint density at radius 3 is 2.00 bits per heavy atom. The number of amides is 1. The van der Waals surface area contributed by atoms with E-state index in [4.69, 9.17) is 15.9 Å². The van der Waals surface area contributed by atoms with E-state index in [1.54, 1.807) is 0 Å². The zero-order chi connectivity index (χ0) is 14.4. The number of aliphatic carboxylic acids is 2. The molecule has 0 aromatic rings. The third-order valence-corrected chi connectivity index (χ3v) is 3.00. The lowest BCUT2D eigenvalue weighted by atomic mass is 10.1. The van der Waals surface area contributed by atoms with Crippen LogP contribution in [-0.2, 0) is 14.4 Å². The van der Waals surface area contributed by atoms with E-state index in [1.165, 1.54) is 0 Å². The van der Waals surface area contributed by atoms with Gasteiger partial charge < -0.3 is 20.8 Å². The molecule has 0 unspecified atom stereocenters. The SMILES string of the molecule is NC1CCN(CC(=O)N(CC(=O)O)CC(=O)O)CC1. The van der Waals surface area contributed by atoms with E-state index in [2.05, 4.69) is 0 Å². The Morgan fingerprint density at radius 1 is 1.11 bits per heavy atom. The van der Waals surface area contributed by atoms with Gasteiger partial charge in [0.1, 0.15) is 13.1 Å². The molecule has 1 heterocycles. The van der Waals surface area contributed by atoms with E-state index in [9.17, 15) is 14.4 Å². The summed E-state index contributed by atoms with van der Waals surface area (Å²) in [7, 11) is 0. The van der Waals surface area contributed by atoms with Crippen LogP contribution in [0.4, 0.5) is 0 Å². The zero-order valence-electron chi connectivity index (χ0n) is 10.6. The van der Waals surface area contributed by atoms with Crippen LogP contribution in [0, 0.1) is 0 Å². The van der Waals surface area contributed by atoms with Crippen molar-refractivity contribution in [2.24, 2.45) is 5.73 Å². The Balaban J connectivity index is 2.51. The Hall–Kier alpha value is -1.67. The van der Waals surface area contributed by atoms with Crippen LogP contribution in [0.15, 0.2) is 0 Å². The number of piperidine rings is 1. The summed E-state index contributed by atoms with van der Waals surface area (Å²) in [6.45, 7) is 0.173. The fraction of sp³-hybridized carbons (Fsp3) is 0.727. The second-order valence-electron chi connectivity index (χ2n) is 4.65. The summed E-state index contributed by atoms with van der Waals surface area (Å²) >= 11 is 0. The fourth-order valence-corrected chi connectivity index (χ4v) is 1.96. The van der Waals surface area contributed by atoms with Gasteiger partial charge in [0.2, 0.25) is 5.91 Å². The Kier molecular flexibility index (Phi) is 5.71. The fourth-order valence-electron chi connectivity index (χ4n) is 1.96. The standard InChI is InChI=1S/C11H19N3O5/c12-8-1-3-13(4-2-8)5-9(15)14(6-10(16)17)7-11(18)19/h8H,1-7,12H2,(H,16,17)(H,18,19). The predicted octanol–water partition coefficient (Wildman–Crippen LogP) is -1.59. The number of hydrogen-bond donors (Lipinski definition) is 3. The maximum atomic E-state index is 11.9. The molecule has 1 fully saturated rings. The smallest absolute Gasteiger partial charge is 0.323 e. The summed E-state index contributed by atoms with van der Waals surface area (Å²) < 4.78 is 0. The van der Waals surface area contributed by atoms with Crippen molar-refractivity contribution in [3.05, 3.63) is 0 Å². The molecule has 1 aliphatic heterocycles. The zero-order valence-corrected chi connectivity index (χ0v) is 10.6. The molecule has 0 atom stereocenters. The lowest BCUT2D eigenvalue weighted by Crippen LogP contribution is -2.48. The van der Waals surface area contributed by atoms with Gasteiger partial charge in [-0.05, 0) is 12.8 Å². The molecule has 4 N–H and O–H groups in total. The van der Waals surface area contributed by atoms with Crippen LogP contribution in [-0.4, -0.2) is 76.6 Å². The minimum atomic E-state index is -1.23. The minimum absolute atomic E-state index is 0.0350. The average Bonchev–Trinajstić information content (AvgIpc) is 2.30. The highest BCUT2D eigenvalue weighted by atomic mass is 16.4. The van der Waals surface area contributed by atoms with Crippen molar-refractivity contribution >= 4 is 17.8 Å². The molecule has 8 nitrogen and oxygen atoms in total. The van der Waals surface area contributed by atoms with Crippen molar-refractivity contribution in [2.45, 2.75) is 18.9 Å². The molecule has 1 saturated heterocycles. The number of rotatable bonds is 6. The quantitative estimate of drug-likeness (QED) is 0.532. The van der Waals surface area contributed by atoms with E-state index < -0.39 is 30.9 Å². The second kappa shape index (κ2) is 7.05. The van der Waals surface area contributed by atoms with Crippen molar-refractivity contribution in [3.8, 4) is 0 Å². The van der Waals surface area contributed by atoms with Gasteiger partial charge in [-0.2, -0.15) is 0 Å². The molecule has 19 heavy (non-hydrogen) atoms. The monoisotopic (exact) mass is 273 g/mol. The van der Waals surface area contributed by atoms with Gasteiger partial charge in [-0.25, -0.2) is 0 Å². The molecule has 0 radical (unpaired) electrons. The van der Waals surface area contributed by atoms with Crippen molar-refractivity contribution < 1.29 is 24.6 Å². The number of carbonyl (C=O) groups excluding carboxylic acids is 1. The first-order valence-electron chi connectivity index (χ1n) is 6.07. The van der Waals surface area contributed by atoms with E-state index in [-0.39, 0.29) is 12.6 Å². The highest BCUT2D eigenvalue weighted by molar-refractivity contribution is 5.86. The van der Waals surface area contributed by atoms with Crippen molar-refractivity contribution in [2.75, 3.05) is 32.7 Å². The van der Waals surface area contributed by atoms with E-state index >= 15 is 0 Å². The van der Waals surface area contributed by atoms with E-state index in [1.807, 2.05) is 4.90 Å². The first-order chi connectivity index (χ1) is 8.88. The molecule has 0 saturated carbocycles. The number of carbonyl (C=O) groups is 3. The first kappa shape index (κ1) is 15.4. The van der Waals surface area contributed by atoms with E-state index in [0.717, 1.165) is 17.7 Å². The number of likely N-dealkylation sites (tertiary alicyclic amines) is 1. The third-order valence-electron chi connectivity index (χ3n) is 3.00. The van der Waals surface area contributed by atoms with Crippen LogP contribution in [0.3, 0.4) is 0 Å². The average molecular weight is 273 g/mol. The molecule has 1 amide bonds. The highest BCUT2D eigenvalue weighted by Gasteiger charge is 2.24. The third kappa shape index (κ3) is 5.66. The molecule has 0 bridgehead atoms. The molecular formula is C11H19N3O5. The molecule has 108 valence electrons. The van der Waals surface area contributed by atoms with Crippen molar-refractivity contribution in [1.29, 1.82) is 0 Å². The molecule has 0 aromatic carbocycles. The number of hydrogen-bond acceptors (Lipinski definition) is 5. The van der Waals surface area contributed by atoms with Gasteiger partial charge in [0.25, 0.3) is 0 Å². The lowest BCUT2D eigenvalue weighted by Gasteiger charge is -2.31. The summed E-state index contributed by atoms with van der Waals surface area (Å²) in [5.41, 5.74) is 5.74. The van der Waals surface area contributed by atoms with Crippen LogP contribution >= 0.6 is 0 Å². The molecule has 8 heteroatoms. The largest absolute Gasteiger partial charge is 0.480 e. The molecular weight excluding hydrogens is 254 g/mol. The number of carboxylic acids is 2. The molecule has 0 aliphatic carbocycles. The number of carboxylic acid groups (broad SMARTS) is 2. The normalized spacial score (nSPS) is 17.1. The summed E-state index contributed by atoms with van der Waals surface area (Å²) in [4.78, 5) is 35.8. The van der Waals surface area contributed by atoms with Gasteiger partial charge in [0, 0.05) is 19.1 Å². The second-order valence-corrected chi connectivity index (χ2v) is 4.65. The maximum Gasteiger partial charge on any atom is 0.323 e. The first-order valence-corrected chi connectivity index (χ1v) is 6.07. The van der Waals surface area contributed by atoms with Crippen LogP contribution in [0.1, 0.15) is 12.8 Å². The maximum absolute atomic E-state index is 11.9. The summed E-state index contributed by atoms with van der Waals surface area (Å²) in [5.74, 6) is -2.94.